The largest absolute Gasteiger partial charge is 0.401 e. The minimum atomic E-state index is -4.39. The van der Waals surface area contributed by atoms with Crippen LogP contribution in [0.3, 0.4) is 0 Å². The number of amides is 2. The molecule has 0 spiro atoms. The van der Waals surface area contributed by atoms with Gasteiger partial charge in [-0.3, -0.25) is 14.5 Å². The molecule has 0 aliphatic heterocycles. The lowest BCUT2D eigenvalue weighted by Crippen LogP contribution is -2.44. The Balaban J connectivity index is 2.63. The van der Waals surface area contributed by atoms with E-state index < -0.39 is 30.6 Å². The smallest absolute Gasteiger partial charge is 0.364 e. The Bertz CT molecular complexity index is 503. The number of thiazole rings is 1. The number of hydrogen-bond acceptors (Lipinski definition) is 5. The van der Waals surface area contributed by atoms with Gasteiger partial charge in [-0.25, -0.2) is 4.98 Å². The third-order valence-electron chi connectivity index (χ3n) is 2.46. The average Bonchev–Trinajstić information content (AvgIpc) is 2.74. The minimum Gasteiger partial charge on any atom is -0.364 e. The second-order valence-corrected chi connectivity index (χ2v) is 4.96. The van der Waals surface area contributed by atoms with Crippen LogP contribution in [0.2, 0.25) is 0 Å². The topological polar surface area (TPSA) is 88.3 Å². The number of aromatic nitrogens is 1. The molecule has 0 radical (unpaired) electrons. The molecule has 1 rings (SSSR count). The van der Waals surface area contributed by atoms with E-state index in [0.717, 1.165) is 16.2 Å². The van der Waals surface area contributed by atoms with Crippen LogP contribution in [-0.2, 0) is 4.79 Å². The Kier molecular flexibility index (Phi) is 5.06. The molecule has 20 heavy (non-hydrogen) atoms. The maximum Gasteiger partial charge on any atom is 0.401 e. The van der Waals surface area contributed by atoms with E-state index in [1.165, 1.54) is 19.4 Å². The molecule has 10 heteroatoms. The molecule has 0 unspecified atom stereocenters. The first-order chi connectivity index (χ1) is 9.10. The molecule has 0 aromatic carbocycles. The molecule has 6 nitrogen and oxygen atoms in total. The number of hydrogen-bond donors (Lipinski definition) is 2. The van der Waals surface area contributed by atoms with Gasteiger partial charge in [0.2, 0.25) is 5.91 Å². The van der Waals surface area contributed by atoms with Crippen LogP contribution in [0.5, 0.6) is 0 Å². The molecule has 3 N–H and O–H groups in total. The van der Waals surface area contributed by atoms with Crippen molar-refractivity contribution >= 4 is 28.3 Å². The highest BCUT2D eigenvalue weighted by Crippen LogP contribution is 2.18. The summed E-state index contributed by atoms with van der Waals surface area (Å²) in [5.74, 6) is -1.40. The number of anilines is 1. The summed E-state index contributed by atoms with van der Waals surface area (Å²) in [4.78, 5) is 27.2. The van der Waals surface area contributed by atoms with E-state index in [9.17, 15) is 22.8 Å². The van der Waals surface area contributed by atoms with Crippen molar-refractivity contribution in [2.45, 2.75) is 19.1 Å². The molecule has 0 bridgehead atoms. The Morgan fingerprint density at radius 2 is 2.15 bits per heavy atom. The van der Waals surface area contributed by atoms with Gasteiger partial charge in [0.1, 0.15) is 5.69 Å². The number of halogens is 3. The molecular formula is C10H13F3N4O2S. The number of likely N-dealkylation sites (N-methyl/N-ethyl adjacent to an activating group) is 1. The summed E-state index contributed by atoms with van der Waals surface area (Å²) in [6.07, 6.45) is -4.39. The Hall–Kier alpha value is -1.68. The molecule has 1 aromatic rings. The fourth-order valence-corrected chi connectivity index (χ4v) is 1.98. The maximum atomic E-state index is 12.2. The SMILES string of the molecule is C[C@H](C(=O)Nc1nc(C(N)=O)cs1)N(C)CC(F)(F)F. The van der Waals surface area contributed by atoms with Crippen molar-refractivity contribution in [2.24, 2.45) is 5.73 Å². The highest BCUT2D eigenvalue weighted by molar-refractivity contribution is 7.14. The van der Waals surface area contributed by atoms with E-state index in [-0.39, 0.29) is 10.8 Å². The summed E-state index contributed by atoms with van der Waals surface area (Å²) in [6.45, 7) is 0.135. The van der Waals surface area contributed by atoms with E-state index >= 15 is 0 Å². The van der Waals surface area contributed by atoms with Crippen LogP contribution in [0.15, 0.2) is 5.38 Å². The van der Waals surface area contributed by atoms with Gasteiger partial charge in [-0.05, 0) is 14.0 Å². The summed E-state index contributed by atoms with van der Waals surface area (Å²) >= 11 is 0.964. The van der Waals surface area contributed by atoms with Gasteiger partial charge in [-0.2, -0.15) is 13.2 Å². The van der Waals surface area contributed by atoms with Crippen molar-refractivity contribution in [3.8, 4) is 0 Å². The van der Waals surface area contributed by atoms with Gasteiger partial charge < -0.3 is 11.1 Å². The second-order valence-electron chi connectivity index (χ2n) is 4.10. The quantitative estimate of drug-likeness (QED) is 0.851. The first-order valence-electron chi connectivity index (χ1n) is 5.43. The number of primary amides is 1. The molecule has 0 aliphatic rings. The summed E-state index contributed by atoms with van der Waals surface area (Å²) in [5, 5.41) is 3.79. The molecule has 112 valence electrons. The molecule has 0 fully saturated rings. The number of alkyl halides is 3. The van der Waals surface area contributed by atoms with Crippen molar-refractivity contribution < 1.29 is 22.8 Å². The van der Waals surface area contributed by atoms with Crippen LogP contribution < -0.4 is 11.1 Å². The lowest BCUT2D eigenvalue weighted by molar-refractivity contribution is -0.149. The summed E-state index contributed by atoms with van der Waals surface area (Å²) in [6, 6.07) is -1.00. The number of nitrogens with one attached hydrogen (secondary N) is 1. The Labute approximate surface area is 116 Å². The normalized spacial score (nSPS) is 13.3. The zero-order chi connectivity index (χ0) is 15.5. The third kappa shape index (κ3) is 4.78. The minimum absolute atomic E-state index is 0.0124. The zero-order valence-corrected chi connectivity index (χ0v) is 11.5. The number of carbonyl (C=O) groups excluding carboxylic acids is 2. The average molecular weight is 310 g/mol. The fourth-order valence-electron chi connectivity index (χ4n) is 1.27. The number of nitrogens with two attached hydrogens (primary N) is 1. The molecular weight excluding hydrogens is 297 g/mol. The first-order valence-corrected chi connectivity index (χ1v) is 6.31. The van der Waals surface area contributed by atoms with Crippen molar-refractivity contribution in [3.05, 3.63) is 11.1 Å². The summed E-state index contributed by atoms with van der Waals surface area (Å²) < 4.78 is 36.6. The molecule has 1 aromatic heterocycles. The Morgan fingerprint density at radius 3 is 2.60 bits per heavy atom. The van der Waals surface area contributed by atoms with Gasteiger partial charge in [0, 0.05) is 5.38 Å². The highest BCUT2D eigenvalue weighted by Gasteiger charge is 2.32. The maximum absolute atomic E-state index is 12.2. The molecule has 2 amide bonds. The van der Waals surface area contributed by atoms with Gasteiger partial charge in [0.05, 0.1) is 12.6 Å². The van der Waals surface area contributed by atoms with E-state index in [1.807, 2.05) is 0 Å². The predicted molar refractivity (Wildman–Crippen MR) is 67.4 cm³/mol. The molecule has 1 heterocycles. The number of nitrogens with zero attached hydrogens (tertiary/aromatic N) is 2. The highest BCUT2D eigenvalue weighted by atomic mass is 32.1. The third-order valence-corrected chi connectivity index (χ3v) is 3.21. The second kappa shape index (κ2) is 6.18. The van der Waals surface area contributed by atoms with Crippen LogP contribution in [0, 0.1) is 0 Å². The molecule has 0 saturated heterocycles. The predicted octanol–water partition coefficient (Wildman–Crippen LogP) is 1.06. The summed E-state index contributed by atoms with van der Waals surface area (Å²) in [7, 11) is 1.19. The van der Waals surface area contributed by atoms with E-state index in [0.29, 0.717) is 0 Å². The van der Waals surface area contributed by atoms with Crippen molar-refractivity contribution in [2.75, 3.05) is 18.9 Å². The van der Waals surface area contributed by atoms with Gasteiger partial charge in [0.25, 0.3) is 5.91 Å². The van der Waals surface area contributed by atoms with Crippen molar-refractivity contribution in [1.29, 1.82) is 0 Å². The van der Waals surface area contributed by atoms with Gasteiger partial charge >= 0.3 is 6.18 Å². The van der Waals surface area contributed by atoms with E-state index in [1.54, 1.807) is 0 Å². The monoisotopic (exact) mass is 310 g/mol. The van der Waals surface area contributed by atoms with E-state index in [4.69, 9.17) is 5.73 Å². The standard InChI is InChI=1S/C10H13F3N4O2S/c1-5(17(2)4-10(11,12)13)8(19)16-9-15-6(3-20-9)7(14)18/h3,5H,4H2,1-2H3,(H2,14,18)(H,15,16,19)/t5-/m1/s1. The van der Waals surface area contributed by atoms with Crippen LogP contribution in [0.1, 0.15) is 17.4 Å². The van der Waals surface area contributed by atoms with Gasteiger partial charge in [-0.1, -0.05) is 0 Å². The van der Waals surface area contributed by atoms with Crippen LogP contribution in [0.4, 0.5) is 18.3 Å². The van der Waals surface area contributed by atoms with Crippen LogP contribution >= 0.6 is 11.3 Å². The molecule has 0 saturated carbocycles. The Morgan fingerprint density at radius 1 is 1.55 bits per heavy atom. The number of carbonyl (C=O) groups is 2. The van der Waals surface area contributed by atoms with Crippen LogP contribution in [0.25, 0.3) is 0 Å². The first kappa shape index (κ1) is 16.4. The summed E-state index contributed by atoms with van der Waals surface area (Å²) in [5.41, 5.74) is 4.98. The van der Waals surface area contributed by atoms with Gasteiger partial charge in [0.15, 0.2) is 5.13 Å². The van der Waals surface area contributed by atoms with Crippen molar-refractivity contribution in [1.82, 2.24) is 9.88 Å². The van der Waals surface area contributed by atoms with Crippen molar-refractivity contribution in [3.63, 3.8) is 0 Å². The van der Waals surface area contributed by atoms with Gasteiger partial charge in [-0.15, -0.1) is 11.3 Å². The number of rotatable bonds is 5. The molecule has 0 aliphatic carbocycles. The molecule has 1 atom stereocenters. The van der Waals surface area contributed by atoms with Crippen LogP contribution in [-0.4, -0.2) is 47.5 Å². The fraction of sp³-hybridized carbons (Fsp3) is 0.500. The lowest BCUT2D eigenvalue weighted by Gasteiger charge is -2.24. The van der Waals surface area contributed by atoms with E-state index in [2.05, 4.69) is 10.3 Å². The zero-order valence-electron chi connectivity index (χ0n) is 10.7. The lowest BCUT2D eigenvalue weighted by atomic mass is 10.3.